The molecule has 0 bridgehead atoms. The van der Waals surface area contributed by atoms with Crippen LogP contribution in [0.3, 0.4) is 0 Å². The Labute approximate surface area is 172 Å². The van der Waals surface area contributed by atoms with Gasteiger partial charge in [0.2, 0.25) is 0 Å². The number of nitrogens with one attached hydrogen (secondary N) is 1. The average molecular weight is 414 g/mol. The number of hydrogen-bond acceptors (Lipinski definition) is 5. The summed E-state index contributed by atoms with van der Waals surface area (Å²) >= 11 is 1.64. The van der Waals surface area contributed by atoms with E-state index in [2.05, 4.69) is 15.4 Å². The van der Waals surface area contributed by atoms with E-state index in [4.69, 9.17) is 0 Å². The maximum atomic E-state index is 13.0. The summed E-state index contributed by atoms with van der Waals surface area (Å²) in [6.07, 6.45) is 7.21. The van der Waals surface area contributed by atoms with Gasteiger partial charge in [0.15, 0.2) is 0 Å². The van der Waals surface area contributed by atoms with Crippen molar-refractivity contribution < 1.29 is 0 Å². The molecule has 0 atom stereocenters. The zero-order valence-corrected chi connectivity index (χ0v) is 16.8. The molecule has 28 heavy (non-hydrogen) atoms. The lowest BCUT2D eigenvalue weighted by Gasteiger charge is -2.12. The second-order valence-corrected chi connectivity index (χ2v) is 7.82. The zero-order chi connectivity index (χ0) is 18.2. The van der Waals surface area contributed by atoms with Gasteiger partial charge >= 0.3 is 0 Å². The van der Waals surface area contributed by atoms with Crippen LogP contribution in [0.2, 0.25) is 0 Å². The fraction of sp³-hybridized carbons (Fsp3) is 0.250. The molecule has 0 unspecified atom stereocenters. The van der Waals surface area contributed by atoms with Gasteiger partial charge in [-0.1, -0.05) is 18.2 Å². The first-order valence-corrected chi connectivity index (χ1v) is 9.90. The largest absolute Gasteiger partial charge is 0.312 e. The number of halogens is 1. The molecule has 6 nitrogen and oxygen atoms in total. The predicted octanol–water partition coefficient (Wildman–Crippen LogP) is 2.95. The van der Waals surface area contributed by atoms with Gasteiger partial charge in [-0.05, 0) is 42.6 Å². The molecule has 5 rings (SSSR count). The van der Waals surface area contributed by atoms with E-state index in [-0.39, 0.29) is 18.0 Å². The number of aromatic nitrogens is 4. The van der Waals surface area contributed by atoms with Crippen LogP contribution in [0, 0.1) is 0 Å². The van der Waals surface area contributed by atoms with E-state index in [0.29, 0.717) is 6.54 Å². The lowest BCUT2D eigenvalue weighted by molar-refractivity contribution is 0.650. The summed E-state index contributed by atoms with van der Waals surface area (Å²) in [6.45, 7) is 2.37. The van der Waals surface area contributed by atoms with Crippen molar-refractivity contribution in [2.45, 2.75) is 25.9 Å². The molecule has 0 amide bonds. The molecule has 0 fully saturated rings. The Hall–Kier alpha value is -2.48. The standard InChI is InChI=1S/C20H19N5OS.ClH/c26-20-18-16-6-8-21-11-17(16)27-19(18)22-13-24(20)9-7-14-10-23-25(12-14)15-4-2-1-3-5-15;/h1-5,10,12-13,21H,6-9,11H2;1H. The Bertz CT molecular complexity index is 1160. The van der Waals surface area contributed by atoms with Crippen LogP contribution in [0.15, 0.2) is 53.8 Å². The van der Waals surface area contributed by atoms with E-state index in [1.165, 1.54) is 10.4 Å². The Morgan fingerprint density at radius 3 is 2.93 bits per heavy atom. The molecule has 1 aliphatic rings. The Kier molecular flexibility index (Phi) is 5.30. The van der Waals surface area contributed by atoms with E-state index in [1.807, 2.05) is 47.4 Å². The molecule has 0 saturated carbocycles. The fourth-order valence-corrected chi connectivity index (χ4v) is 4.72. The van der Waals surface area contributed by atoms with Gasteiger partial charge in [-0.3, -0.25) is 9.36 Å². The van der Waals surface area contributed by atoms with Gasteiger partial charge < -0.3 is 5.32 Å². The predicted molar refractivity (Wildman–Crippen MR) is 114 cm³/mol. The maximum absolute atomic E-state index is 13.0. The third-order valence-electron chi connectivity index (χ3n) is 5.00. The molecule has 0 aliphatic carbocycles. The van der Waals surface area contributed by atoms with E-state index >= 15 is 0 Å². The molecule has 1 aliphatic heterocycles. The van der Waals surface area contributed by atoms with Crippen molar-refractivity contribution in [2.24, 2.45) is 0 Å². The van der Waals surface area contributed by atoms with Gasteiger partial charge in [0.25, 0.3) is 5.56 Å². The topological polar surface area (TPSA) is 64.7 Å². The highest BCUT2D eigenvalue weighted by atomic mass is 35.5. The van der Waals surface area contributed by atoms with Crippen LogP contribution in [0.1, 0.15) is 16.0 Å². The van der Waals surface area contributed by atoms with E-state index in [9.17, 15) is 4.79 Å². The molecule has 0 spiro atoms. The number of fused-ring (bicyclic) bond motifs is 3. The van der Waals surface area contributed by atoms with Crippen molar-refractivity contribution in [3.63, 3.8) is 0 Å². The molecular weight excluding hydrogens is 394 g/mol. The number of benzene rings is 1. The molecule has 8 heteroatoms. The normalized spacial score (nSPS) is 13.3. The summed E-state index contributed by atoms with van der Waals surface area (Å²) in [4.78, 5) is 19.7. The molecule has 1 aromatic carbocycles. The lowest BCUT2D eigenvalue weighted by atomic mass is 10.1. The molecule has 0 saturated heterocycles. The molecular formula is C20H20ClN5OS. The van der Waals surface area contributed by atoms with Crippen molar-refractivity contribution >= 4 is 34.0 Å². The fourth-order valence-electron chi connectivity index (χ4n) is 3.57. The summed E-state index contributed by atoms with van der Waals surface area (Å²) in [5.41, 5.74) is 3.40. The van der Waals surface area contributed by atoms with Crippen LogP contribution in [-0.4, -0.2) is 25.9 Å². The number of rotatable bonds is 4. The van der Waals surface area contributed by atoms with Crippen LogP contribution in [0.25, 0.3) is 15.9 Å². The summed E-state index contributed by atoms with van der Waals surface area (Å²) < 4.78 is 3.60. The molecule has 144 valence electrons. The molecule has 3 aromatic heterocycles. The Morgan fingerprint density at radius 2 is 2.07 bits per heavy atom. The minimum atomic E-state index is 0. The number of para-hydroxylation sites is 1. The van der Waals surface area contributed by atoms with Crippen LogP contribution in [0.4, 0.5) is 0 Å². The van der Waals surface area contributed by atoms with Gasteiger partial charge in [0.1, 0.15) is 4.83 Å². The minimum absolute atomic E-state index is 0. The molecule has 0 radical (unpaired) electrons. The molecule has 1 N–H and O–H groups in total. The van der Waals surface area contributed by atoms with Crippen molar-refractivity contribution in [3.05, 3.63) is 75.4 Å². The highest BCUT2D eigenvalue weighted by molar-refractivity contribution is 7.18. The highest BCUT2D eigenvalue weighted by Gasteiger charge is 2.19. The third-order valence-corrected chi connectivity index (χ3v) is 6.14. The Morgan fingerprint density at radius 1 is 1.21 bits per heavy atom. The second kappa shape index (κ2) is 7.87. The average Bonchev–Trinajstić information content (AvgIpc) is 3.33. The van der Waals surface area contributed by atoms with Crippen molar-refractivity contribution in [1.82, 2.24) is 24.6 Å². The first-order chi connectivity index (χ1) is 13.3. The van der Waals surface area contributed by atoms with Gasteiger partial charge in [0, 0.05) is 24.2 Å². The Balaban J connectivity index is 0.00000192. The number of thiophene rings is 1. The number of aryl methyl sites for hydroxylation is 2. The first-order valence-electron chi connectivity index (χ1n) is 9.09. The SMILES string of the molecule is Cl.O=c1c2c3c(sc2ncn1CCc1cnn(-c2ccccc2)c1)CNCC3. The summed E-state index contributed by atoms with van der Waals surface area (Å²) in [6, 6.07) is 10.0. The smallest absolute Gasteiger partial charge is 0.262 e. The monoisotopic (exact) mass is 413 g/mol. The van der Waals surface area contributed by atoms with Crippen LogP contribution < -0.4 is 10.9 Å². The van der Waals surface area contributed by atoms with E-state index in [0.717, 1.165) is 47.4 Å². The highest BCUT2D eigenvalue weighted by Crippen LogP contribution is 2.29. The van der Waals surface area contributed by atoms with Gasteiger partial charge in [-0.25, -0.2) is 9.67 Å². The van der Waals surface area contributed by atoms with Crippen molar-refractivity contribution in [1.29, 1.82) is 0 Å². The number of hydrogen-bond donors (Lipinski definition) is 1. The van der Waals surface area contributed by atoms with Gasteiger partial charge in [-0.2, -0.15) is 5.10 Å². The van der Waals surface area contributed by atoms with Crippen molar-refractivity contribution in [3.8, 4) is 5.69 Å². The lowest BCUT2D eigenvalue weighted by Crippen LogP contribution is -2.25. The summed E-state index contributed by atoms with van der Waals surface area (Å²) in [5, 5.41) is 8.61. The van der Waals surface area contributed by atoms with E-state index < -0.39 is 0 Å². The first kappa shape index (κ1) is 18.9. The zero-order valence-electron chi connectivity index (χ0n) is 15.2. The summed E-state index contributed by atoms with van der Waals surface area (Å²) in [5.74, 6) is 0. The van der Waals surface area contributed by atoms with Crippen LogP contribution >= 0.6 is 23.7 Å². The van der Waals surface area contributed by atoms with Gasteiger partial charge in [-0.15, -0.1) is 23.7 Å². The number of nitrogens with zero attached hydrogens (tertiary/aromatic N) is 4. The maximum Gasteiger partial charge on any atom is 0.262 e. The van der Waals surface area contributed by atoms with Gasteiger partial charge in [0.05, 0.1) is 23.6 Å². The molecule has 4 aromatic rings. The quantitative estimate of drug-likeness (QED) is 0.558. The van der Waals surface area contributed by atoms with E-state index in [1.54, 1.807) is 22.2 Å². The second-order valence-electron chi connectivity index (χ2n) is 6.73. The van der Waals surface area contributed by atoms with Crippen LogP contribution in [-0.2, 0) is 25.9 Å². The van der Waals surface area contributed by atoms with Crippen LogP contribution in [0.5, 0.6) is 0 Å². The summed E-state index contributed by atoms with van der Waals surface area (Å²) in [7, 11) is 0. The molecule has 4 heterocycles. The van der Waals surface area contributed by atoms with Crippen molar-refractivity contribution in [2.75, 3.05) is 6.54 Å². The third kappa shape index (κ3) is 3.37. The minimum Gasteiger partial charge on any atom is -0.312 e.